The van der Waals surface area contributed by atoms with Gasteiger partial charge in [-0.05, 0) is 41.8 Å². The van der Waals surface area contributed by atoms with Crippen molar-refractivity contribution < 1.29 is 9.85 Å². The van der Waals surface area contributed by atoms with Gasteiger partial charge in [0.1, 0.15) is 12.3 Å². The molecule has 4 aromatic rings. The van der Waals surface area contributed by atoms with E-state index in [0.29, 0.717) is 37.3 Å². The van der Waals surface area contributed by atoms with Crippen LogP contribution in [0.3, 0.4) is 0 Å². The van der Waals surface area contributed by atoms with E-state index in [4.69, 9.17) is 0 Å². The summed E-state index contributed by atoms with van der Waals surface area (Å²) in [5, 5.41) is 30.8. The van der Waals surface area contributed by atoms with E-state index in [9.17, 15) is 20.2 Å². The average Bonchev–Trinajstić information content (AvgIpc) is 3.00. The van der Waals surface area contributed by atoms with Crippen molar-refractivity contribution in [3.05, 3.63) is 140 Å². The minimum absolute atomic E-state index is 0.0858. The first-order chi connectivity index (χ1) is 20.0. The summed E-state index contributed by atoms with van der Waals surface area (Å²) in [6.45, 7) is 2.63. The van der Waals surface area contributed by atoms with Gasteiger partial charge < -0.3 is 10.6 Å². The predicted octanol–water partition coefficient (Wildman–Crippen LogP) is 6.45. The number of nitrogens with one attached hydrogen (secondary N) is 2. The van der Waals surface area contributed by atoms with Crippen LogP contribution in [0.4, 0.5) is 22.7 Å². The van der Waals surface area contributed by atoms with E-state index in [2.05, 4.69) is 32.6 Å². The number of benzene rings is 4. The Hall–Kier alpha value is -4.80. The average molecular weight is 551 g/mol. The summed E-state index contributed by atoms with van der Waals surface area (Å²) in [5.41, 5.74) is 5.63. The van der Waals surface area contributed by atoms with Crippen molar-refractivity contribution >= 4 is 22.7 Å². The number of nitro groups is 2. The molecule has 2 unspecified atom stereocenters. The lowest BCUT2D eigenvalue weighted by atomic mass is 10.0. The maximum Gasteiger partial charge on any atom is 0.276 e. The summed E-state index contributed by atoms with van der Waals surface area (Å²) >= 11 is 0. The zero-order valence-corrected chi connectivity index (χ0v) is 22.3. The molecular weight excluding hydrogens is 520 g/mol. The maximum atomic E-state index is 11.9. The Bertz CT molecular complexity index is 1480. The molecule has 2 atom stereocenters. The highest BCUT2D eigenvalue weighted by Gasteiger charge is 2.33. The molecule has 0 fully saturated rings. The number of nitro benzene ring substituents is 2. The second-order valence-electron chi connectivity index (χ2n) is 10.3. The lowest BCUT2D eigenvalue weighted by Gasteiger charge is -2.40. The molecule has 0 saturated heterocycles. The van der Waals surface area contributed by atoms with Gasteiger partial charge in [-0.15, -0.1) is 0 Å². The van der Waals surface area contributed by atoms with Gasteiger partial charge in [-0.1, -0.05) is 60.7 Å². The topological polar surface area (TPSA) is 117 Å². The van der Waals surface area contributed by atoms with Crippen molar-refractivity contribution in [2.45, 2.75) is 31.8 Å². The van der Waals surface area contributed by atoms with Crippen LogP contribution >= 0.6 is 0 Å². The molecule has 2 heterocycles. The van der Waals surface area contributed by atoms with Gasteiger partial charge in [-0.3, -0.25) is 30.0 Å². The van der Waals surface area contributed by atoms with Crippen LogP contribution in [-0.4, -0.2) is 32.7 Å². The molecule has 0 saturated carbocycles. The molecule has 2 aliphatic heterocycles. The van der Waals surface area contributed by atoms with Crippen LogP contribution in [0.2, 0.25) is 0 Å². The standard InChI is InChI=1S/C31H30N6O4/c38-36(39)28-16-7-3-12-24(28)30-32-26-14-5-1-10-22(26)20-34(30)18-9-19-35-21-23-11-2-6-15-27(23)33-31(35)25-13-4-8-17-29(25)37(40)41/h1-8,10-17,30-33H,9,18-21H2. The highest BCUT2D eigenvalue weighted by atomic mass is 16.6. The number of fused-ring (bicyclic) bond motifs is 2. The van der Waals surface area contributed by atoms with Crippen molar-refractivity contribution in [2.24, 2.45) is 0 Å². The Balaban J connectivity index is 1.26. The van der Waals surface area contributed by atoms with Gasteiger partial charge in [0.25, 0.3) is 11.4 Å². The van der Waals surface area contributed by atoms with Gasteiger partial charge in [-0.2, -0.15) is 0 Å². The third-order valence-corrected chi connectivity index (χ3v) is 7.84. The molecule has 0 aliphatic carbocycles. The summed E-state index contributed by atoms with van der Waals surface area (Å²) in [4.78, 5) is 27.6. The van der Waals surface area contributed by atoms with Gasteiger partial charge in [-0.25, -0.2) is 0 Å². The third-order valence-electron chi connectivity index (χ3n) is 7.84. The first-order valence-corrected chi connectivity index (χ1v) is 13.6. The molecule has 2 aliphatic rings. The number of para-hydroxylation sites is 4. The van der Waals surface area contributed by atoms with E-state index < -0.39 is 0 Å². The van der Waals surface area contributed by atoms with Crippen molar-refractivity contribution in [1.29, 1.82) is 0 Å². The molecule has 0 amide bonds. The number of anilines is 2. The Morgan fingerprint density at radius 2 is 1.00 bits per heavy atom. The fourth-order valence-electron chi connectivity index (χ4n) is 5.91. The molecule has 41 heavy (non-hydrogen) atoms. The van der Waals surface area contributed by atoms with Crippen molar-refractivity contribution in [3.8, 4) is 0 Å². The van der Waals surface area contributed by atoms with Crippen LogP contribution in [0.25, 0.3) is 0 Å². The van der Waals surface area contributed by atoms with Gasteiger partial charge in [0, 0.05) is 49.7 Å². The van der Waals surface area contributed by atoms with Crippen molar-refractivity contribution in [3.63, 3.8) is 0 Å². The quantitative estimate of drug-likeness (QED) is 0.190. The number of rotatable bonds is 8. The van der Waals surface area contributed by atoms with Crippen LogP contribution in [-0.2, 0) is 13.1 Å². The Morgan fingerprint density at radius 3 is 1.44 bits per heavy atom. The second-order valence-corrected chi connectivity index (χ2v) is 10.3. The van der Waals surface area contributed by atoms with E-state index >= 15 is 0 Å². The van der Waals surface area contributed by atoms with Gasteiger partial charge in [0.15, 0.2) is 0 Å². The van der Waals surface area contributed by atoms with Crippen LogP contribution in [0.15, 0.2) is 97.1 Å². The largest absolute Gasteiger partial charge is 0.365 e. The van der Waals surface area contributed by atoms with Gasteiger partial charge in [0.05, 0.1) is 21.0 Å². The third kappa shape index (κ3) is 5.34. The van der Waals surface area contributed by atoms with Crippen LogP contribution in [0.1, 0.15) is 41.0 Å². The van der Waals surface area contributed by atoms with E-state index in [-0.39, 0.29) is 33.6 Å². The number of nitrogens with zero attached hydrogens (tertiary/aromatic N) is 4. The molecule has 10 heteroatoms. The SMILES string of the molecule is O=[N+]([O-])c1ccccc1C1Nc2ccccc2CN1CCCN1Cc2ccccc2NC1c1ccccc1[N+](=O)[O-]. The molecule has 2 N–H and O–H groups in total. The molecule has 4 aromatic carbocycles. The summed E-state index contributed by atoms with van der Waals surface area (Å²) in [5.74, 6) is 0. The Labute approximate surface area is 237 Å². The minimum atomic E-state index is -0.363. The van der Waals surface area contributed by atoms with Crippen molar-refractivity contribution in [2.75, 3.05) is 23.7 Å². The van der Waals surface area contributed by atoms with E-state index in [1.54, 1.807) is 24.3 Å². The molecule has 0 aromatic heterocycles. The lowest BCUT2D eigenvalue weighted by molar-refractivity contribution is -0.386. The van der Waals surface area contributed by atoms with Gasteiger partial charge >= 0.3 is 0 Å². The molecule has 0 radical (unpaired) electrons. The summed E-state index contributed by atoms with van der Waals surface area (Å²) in [6.07, 6.45) is 0.0255. The zero-order valence-electron chi connectivity index (χ0n) is 22.3. The molecule has 208 valence electrons. The molecular formula is C31H30N6O4. The second kappa shape index (κ2) is 11.4. The maximum absolute atomic E-state index is 11.9. The summed E-state index contributed by atoms with van der Waals surface area (Å²) in [6, 6.07) is 29.8. The smallest absolute Gasteiger partial charge is 0.276 e. The molecule has 6 rings (SSSR count). The Morgan fingerprint density at radius 1 is 0.610 bits per heavy atom. The highest BCUT2D eigenvalue weighted by molar-refractivity contribution is 5.58. The zero-order chi connectivity index (χ0) is 28.3. The number of hydrogen-bond donors (Lipinski definition) is 2. The van der Waals surface area contributed by atoms with Crippen LogP contribution in [0.5, 0.6) is 0 Å². The predicted molar refractivity (Wildman–Crippen MR) is 157 cm³/mol. The highest BCUT2D eigenvalue weighted by Crippen LogP contribution is 2.38. The van der Waals surface area contributed by atoms with Crippen LogP contribution in [0, 0.1) is 20.2 Å². The van der Waals surface area contributed by atoms with E-state index in [1.807, 2.05) is 60.7 Å². The van der Waals surface area contributed by atoms with Crippen molar-refractivity contribution in [1.82, 2.24) is 9.80 Å². The molecule has 0 spiro atoms. The van der Waals surface area contributed by atoms with E-state index in [0.717, 1.165) is 28.9 Å². The van der Waals surface area contributed by atoms with Gasteiger partial charge in [0.2, 0.25) is 0 Å². The molecule has 10 nitrogen and oxygen atoms in total. The van der Waals surface area contributed by atoms with Crippen LogP contribution < -0.4 is 10.6 Å². The van der Waals surface area contributed by atoms with E-state index in [1.165, 1.54) is 0 Å². The monoisotopic (exact) mass is 550 g/mol. The summed E-state index contributed by atoms with van der Waals surface area (Å²) in [7, 11) is 0. The number of hydrogen-bond acceptors (Lipinski definition) is 8. The Kier molecular flexibility index (Phi) is 7.32. The first kappa shape index (κ1) is 26.4. The fraction of sp³-hybridized carbons (Fsp3) is 0.226. The molecule has 0 bridgehead atoms. The fourth-order valence-corrected chi connectivity index (χ4v) is 5.91. The first-order valence-electron chi connectivity index (χ1n) is 13.6. The summed E-state index contributed by atoms with van der Waals surface area (Å²) < 4.78 is 0. The normalized spacial score (nSPS) is 18.4. The lowest BCUT2D eigenvalue weighted by Crippen LogP contribution is -2.41. The minimum Gasteiger partial charge on any atom is -0.365 e.